The highest BCUT2D eigenvalue weighted by Crippen LogP contribution is 2.31. The number of aryl methyl sites for hydroxylation is 1. The van der Waals surface area contributed by atoms with Crippen LogP contribution in [0.3, 0.4) is 0 Å². The molecule has 1 aromatic heterocycles. The van der Waals surface area contributed by atoms with Crippen LogP contribution < -0.4 is 5.32 Å². The molecule has 0 bridgehead atoms. The molecule has 0 spiro atoms. The number of methoxy groups -OCH3 is 1. The van der Waals surface area contributed by atoms with E-state index in [1.54, 1.807) is 7.11 Å². The van der Waals surface area contributed by atoms with Crippen LogP contribution in [0, 0.1) is 6.92 Å². The lowest BCUT2D eigenvalue weighted by Crippen LogP contribution is -2.25. The maximum Gasteiger partial charge on any atom is 0.317 e. The number of rotatable bonds is 9. The van der Waals surface area contributed by atoms with Crippen molar-refractivity contribution in [2.24, 2.45) is 0 Å². The van der Waals surface area contributed by atoms with Gasteiger partial charge in [0, 0.05) is 24.3 Å². The number of hydrogen-bond acceptors (Lipinski definition) is 6. The lowest BCUT2D eigenvalue weighted by molar-refractivity contribution is -0.136. The second kappa shape index (κ2) is 10.4. The Morgan fingerprint density at radius 1 is 1.06 bits per heavy atom. The van der Waals surface area contributed by atoms with Crippen molar-refractivity contribution in [2.45, 2.75) is 26.5 Å². The Labute approximate surface area is 198 Å². The second-order valence-electron chi connectivity index (χ2n) is 8.16. The van der Waals surface area contributed by atoms with Gasteiger partial charge in [0.2, 0.25) is 5.82 Å². The van der Waals surface area contributed by atoms with Gasteiger partial charge < -0.3 is 19.7 Å². The lowest BCUT2D eigenvalue weighted by Gasteiger charge is -2.12. The molecule has 1 atom stereocenters. The average molecular weight is 458 g/mol. The van der Waals surface area contributed by atoms with E-state index in [2.05, 4.69) is 40.6 Å². The summed E-state index contributed by atoms with van der Waals surface area (Å²) in [5.74, 6) is 0.0385. The standard InChI is InChI=1S/C27H27N3O4/c1-17-6-4-5-7-23(17)24-13-12-21(14-22(24)16-33-3)27-29-26(30-34-27)20-10-8-19(9-11-20)18(2)28-15-25(31)32/h4-14,18,28H,15-16H2,1-3H3,(H,31,32). The maximum absolute atomic E-state index is 10.8. The fourth-order valence-electron chi connectivity index (χ4n) is 3.88. The predicted octanol–water partition coefficient (Wildman–Crippen LogP) is 5.26. The van der Waals surface area contributed by atoms with Gasteiger partial charge >= 0.3 is 5.97 Å². The van der Waals surface area contributed by atoms with Crippen LogP contribution in [0.15, 0.2) is 71.3 Å². The molecule has 4 rings (SSSR count). The van der Waals surface area contributed by atoms with Crippen molar-refractivity contribution in [3.63, 3.8) is 0 Å². The van der Waals surface area contributed by atoms with Gasteiger partial charge in [-0.2, -0.15) is 4.98 Å². The fourth-order valence-corrected chi connectivity index (χ4v) is 3.88. The van der Waals surface area contributed by atoms with Gasteiger partial charge in [-0.05, 0) is 53.8 Å². The highest BCUT2D eigenvalue weighted by atomic mass is 16.5. The summed E-state index contributed by atoms with van der Waals surface area (Å²) < 4.78 is 11.0. The van der Waals surface area contributed by atoms with Crippen LogP contribution in [0.25, 0.3) is 34.0 Å². The molecular weight excluding hydrogens is 430 g/mol. The Balaban J connectivity index is 1.57. The predicted molar refractivity (Wildman–Crippen MR) is 130 cm³/mol. The van der Waals surface area contributed by atoms with Gasteiger partial charge in [0.1, 0.15) is 0 Å². The molecule has 0 fully saturated rings. The van der Waals surface area contributed by atoms with E-state index < -0.39 is 5.97 Å². The molecule has 7 nitrogen and oxygen atoms in total. The number of hydrogen-bond donors (Lipinski definition) is 2. The number of aromatic nitrogens is 2. The molecule has 0 aliphatic heterocycles. The van der Waals surface area contributed by atoms with E-state index >= 15 is 0 Å². The molecule has 1 unspecified atom stereocenters. The number of carbonyl (C=O) groups is 1. The minimum absolute atomic E-state index is 0.0862. The molecule has 7 heteroatoms. The molecule has 34 heavy (non-hydrogen) atoms. The van der Waals surface area contributed by atoms with E-state index in [1.807, 2.05) is 55.5 Å². The highest BCUT2D eigenvalue weighted by molar-refractivity contribution is 5.74. The van der Waals surface area contributed by atoms with Crippen molar-refractivity contribution in [2.75, 3.05) is 13.7 Å². The third-order valence-electron chi connectivity index (χ3n) is 5.74. The van der Waals surface area contributed by atoms with E-state index in [0.29, 0.717) is 18.3 Å². The summed E-state index contributed by atoms with van der Waals surface area (Å²) in [4.78, 5) is 15.4. The largest absolute Gasteiger partial charge is 0.480 e. The zero-order valence-electron chi connectivity index (χ0n) is 19.4. The summed E-state index contributed by atoms with van der Waals surface area (Å²) >= 11 is 0. The van der Waals surface area contributed by atoms with Gasteiger partial charge in [0.15, 0.2) is 0 Å². The Hall–Kier alpha value is -3.81. The van der Waals surface area contributed by atoms with Crippen LogP contribution in [0.4, 0.5) is 0 Å². The van der Waals surface area contributed by atoms with Crippen LogP contribution in [-0.4, -0.2) is 34.9 Å². The fraction of sp³-hybridized carbons (Fsp3) is 0.222. The first-order valence-electron chi connectivity index (χ1n) is 11.0. The highest BCUT2D eigenvalue weighted by Gasteiger charge is 2.15. The topological polar surface area (TPSA) is 97.5 Å². The number of benzene rings is 3. The molecule has 174 valence electrons. The summed E-state index contributed by atoms with van der Waals surface area (Å²) in [6.45, 7) is 4.39. The maximum atomic E-state index is 10.8. The summed E-state index contributed by atoms with van der Waals surface area (Å²) in [5, 5.41) is 15.9. The normalized spacial score (nSPS) is 12.0. The number of aliphatic carboxylic acids is 1. The quantitative estimate of drug-likeness (QED) is 0.354. The zero-order valence-corrected chi connectivity index (χ0v) is 19.4. The van der Waals surface area contributed by atoms with Crippen molar-refractivity contribution >= 4 is 5.97 Å². The molecule has 4 aromatic rings. The minimum atomic E-state index is -0.886. The SMILES string of the molecule is COCc1cc(-c2nc(-c3ccc(C(C)NCC(=O)O)cc3)no2)ccc1-c1ccccc1C. The summed E-state index contributed by atoms with van der Waals surface area (Å²) in [6, 6.07) is 21.9. The van der Waals surface area contributed by atoms with E-state index in [1.165, 1.54) is 11.1 Å². The molecular formula is C27H27N3O4. The molecule has 2 N–H and O–H groups in total. The van der Waals surface area contributed by atoms with Gasteiger partial charge in [-0.25, -0.2) is 0 Å². The van der Waals surface area contributed by atoms with Crippen LogP contribution in [0.5, 0.6) is 0 Å². The molecule has 0 saturated carbocycles. The average Bonchev–Trinajstić information content (AvgIpc) is 3.34. The van der Waals surface area contributed by atoms with E-state index in [4.69, 9.17) is 14.4 Å². The van der Waals surface area contributed by atoms with E-state index in [-0.39, 0.29) is 12.6 Å². The Bertz CT molecular complexity index is 1280. The molecule has 0 aliphatic rings. The smallest absolute Gasteiger partial charge is 0.317 e. The summed E-state index contributed by atoms with van der Waals surface area (Å²) in [7, 11) is 1.68. The van der Waals surface area contributed by atoms with Gasteiger partial charge in [-0.15, -0.1) is 0 Å². The van der Waals surface area contributed by atoms with Crippen LogP contribution >= 0.6 is 0 Å². The van der Waals surface area contributed by atoms with Crippen molar-refractivity contribution in [1.82, 2.24) is 15.5 Å². The van der Waals surface area contributed by atoms with Crippen molar-refractivity contribution < 1.29 is 19.2 Å². The van der Waals surface area contributed by atoms with E-state index in [9.17, 15) is 4.79 Å². The first kappa shape index (κ1) is 23.4. The molecule has 0 amide bonds. The van der Waals surface area contributed by atoms with Gasteiger partial charge in [0.25, 0.3) is 5.89 Å². The third kappa shape index (κ3) is 5.22. The van der Waals surface area contributed by atoms with Crippen LogP contribution in [0.2, 0.25) is 0 Å². The minimum Gasteiger partial charge on any atom is -0.480 e. The molecule has 1 heterocycles. The lowest BCUT2D eigenvalue weighted by atomic mass is 9.94. The summed E-state index contributed by atoms with van der Waals surface area (Å²) in [5.41, 5.74) is 7.14. The third-order valence-corrected chi connectivity index (χ3v) is 5.74. The number of ether oxygens (including phenoxy) is 1. The molecule has 0 aliphatic carbocycles. The number of carboxylic acids is 1. The van der Waals surface area contributed by atoms with Gasteiger partial charge in [0.05, 0.1) is 13.2 Å². The Morgan fingerprint density at radius 2 is 1.79 bits per heavy atom. The van der Waals surface area contributed by atoms with Gasteiger partial charge in [-0.3, -0.25) is 4.79 Å². The van der Waals surface area contributed by atoms with Crippen LogP contribution in [0.1, 0.15) is 29.7 Å². The monoisotopic (exact) mass is 457 g/mol. The van der Waals surface area contributed by atoms with Crippen molar-refractivity contribution in [1.29, 1.82) is 0 Å². The Morgan fingerprint density at radius 3 is 2.50 bits per heavy atom. The van der Waals surface area contributed by atoms with Gasteiger partial charge in [-0.1, -0.05) is 59.8 Å². The molecule has 0 radical (unpaired) electrons. The van der Waals surface area contributed by atoms with Crippen molar-refractivity contribution in [3.05, 3.63) is 83.4 Å². The Kier molecular flexibility index (Phi) is 7.15. The molecule has 3 aromatic carbocycles. The number of carboxylic acid groups (broad SMARTS) is 1. The van der Waals surface area contributed by atoms with Crippen LogP contribution in [-0.2, 0) is 16.1 Å². The molecule has 0 saturated heterocycles. The second-order valence-corrected chi connectivity index (χ2v) is 8.16. The zero-order chi connectivity index (χ0) is 24.1. The number of nitrogens with one attached hydrogen (secondary N) is 1. The number of nitrogens with zero attached hydrogens (tertiary/aromatic N) is 2. The first-order valence-corrected chi connectivity index (χ1v) is 11.0. The van der Waals surface area contributed by atoms with Crippen molar-refractivity contribution in [3.8, 4) is 34.0 Å². The first-order chi connectivity index (χ1) is 16.5. The van der Waals surface area contributed by atoms with E-state index in [0.717, 1.165) is 27.8 Å². The summed E-state index contributed by atoms with van der Waals surface area (Å²) in [6.07, 6.45) is 0.